The fourth-order valence-corrected chi connectivity index (χ4v) is 4.83. The number of benzene rings is 2. The number of hydrogen-bond acceptors (Lipinski definition) is 2. The highest BCUT2D eigenvalue weighted by molar-refractivity contribution is 7.17. The van der Waals surface area contributed by atoms with Crippen LogP contribution in [-0.4, -0.2) is 0 Å². The Kier molecular flexibility index (Phi) is 3.73. The van der Waals surface area contributed by atoms with Crippen molar-refractivity contribution >= 4 is 32.8 Å². The molecule has 0 saturated carbocycles. The molecule has 0 bridgehead atoms. The highest BCUT2D eigenvalue weighted by atomic mass is 32.1. The molecular formula is C23H27NS. The number of rotatable bonds is 2. The van der Waals surface area contributed by atoms with E-state index in [0.29, 0.717) is 5.41 Å². The van der Waals surface area contributed by atoms with Gasteiger partial charge in [-0.3, -0.25) is 0 Å². The molecule has 1 N–H and O–H groups in total. The number of hydrogen-bond donors (Lipinski definition) is 1. The molecule has 2 aromatic carbocycles. The molecule has 3 aromatic rings. The minimum Gasteiger partial charge on any atom is -0.354 e. The van der Waals surface area contributed by atoms with E-state index in [4.69, 9.17) is 0 Å². The van der Waals surface area contributed by atoms with Crippen molar-refractivity contribution in [3.05, 3.63) is 58.5 Å². The van der Waals surface area contributed by atoms with E-state index < -0.39 is 0 Å². The third-order valence-corrected chi connectivity index (χ3v) is 6.21. The lowest BCUT2D eigenvalue weighted by molar-refractivity contribution is 0.392. The van der Waals surface area contributed by atoms with Gasteiger partial charge in [0.25, 0.3) is 0 Å². The standard InChI is InChI=1S/C23H27NS/c1-22(2,3)17-6-8-18(9-7-17)24-20-14-25-21-11-16-13-23(4,5)12-15(16)10-19(20)21/h6-11,14,24H,12-13H2,1-5H3. The second-order valence-corrected chi connectivity index (χ2v) is 10.1. The normalized spacial score (nSPS) is 16.2. The summed E-state index contributed by atoms with van der Waals surface area (Å²) in [5, 5.41) is 7.24. The van der Waals surface area contributed by atoms with E-state index in [-0.39, 0.29) is 5.41 Å². The molecule has 0 unspecified atom stereocenters. The summed E-state index contributed by atoms with van der Waals surface area (Å²) in [6, 6.07) is 13.7. The Morgan fingerprint density at radius 3 is 2.24 bits per heavy atom. The van der Waals surface area contributed by atoms with Crippen LogP contribution in [0.4, 0.5) is 11.4 Å². The van der Waals surface area contributed by atoms with Gasteiger partial charge >= 0.3 is 0 Å². The third kappa shape index (κ3) is 3.20. The van der Waals surface area contributed by atoms with Crippen LogP contribution in [-0.2, 0) is 18.3 Å². The fraction of sp³-hybridized carbons (Fsp3) is 0.391. The summed E-state index contributed by atoms with van der Waals surface area (Å²) in [5.74, 6) is 0. The topological polar surface area (TPSA) is 12.0 Å². The largest absolute Gasteiger partial charge is 0.354 e. The van der Waals surface area contributed by atoms with Crippen molar-refractivity contribution in [3.63, 3.8) is 0 Å². The second kappa shape index (κ2) is 5.60. The quantitative estimate of drug-likeness (QED) is 0.522. The monoisotopic (exact) mass is 349 g/mol. The maximum absolute atomic E-state index is 3.63. The van der Waals surface area contributed by atoms with Crippen molar-refractivity contribution in [3.8, 4) is 0 Å². The van der Waals surface area contributed by atoms with E-state index in [0.717, 1.165) is 5.69 Å². The molecule has 25 heavy (non-hydrogen) atoms. The predicted octanol–water partition coefficient (Wildman–Crippen LogP) is 7.07. The molecule has 0 amide bonds. The molecule has 1 nitrogen and oxygen atoms in total. The van der Waals surface area contributed by atoms with Crippen LogP contribution < -0.4 is 5.32 Å². The maximum Gasteiger partial charge on any atom is 0.0573 e. The molecule has 1 aliphatic carbocycles. The molecule has 0 fully saturated rings. The Morgan fingerprint density at radius 1 is 0.960 bits per heavy atom. The highest BCUT2D eigenvalue weighted by Crippen LogP contribution is 2.42. The van der Waals surface area contributed by atoms with Gasteiger partial charge in [0.15, 0.2) is 0 Å². The predicted molar refractivity (Wildman–Crippen MR) is 111 cm³/mol. The van der Waals surface area contributed by atoms with Crippen LogP contribution in [0.15, 0.2) is 41.8 Å². The lowest BCUT2D eigenvalue weighted by Gasteiger charge is -2.19. The van der Waals surface area contributed by atoms with Gasteiger partial charge in [0, 0.05) is 21.2 Å². The van der Waals surface area contributed by atoms with E-state index in [9.17, 15) is 0 Å². The van der Waals surface area contributed by atoms with Crippen molar-refractivity contribution in [2.24, 2.45) is 5.41 Å². The number of thiophene rings is 1. The molecule has 0 atom stereocenters. The molecule has 130 valence electrons. The summed E-state index contributed by atoms with van der Waals surface area (Å²) in [5.41, 5.74) is 7.43. The molecule has 0 radical (unpaired) electrons. The van der Waals surface area contributed by atoms with Crippen LogP contribution in [0.2, 0.25) is 0 Å². The maximum atomic E-state index is 3.63. The van der Waals surface area contributed by atoms with Crippen LogP contribution in [0, 0.1) is 5.41 Å². The Morgan fingerprint density at radius 2 is 1.60 bits per heavy atom. The van der Waals surface area contributed by atoms with Crippen LogP contribution >= 0.6 is 11.3 Å². The summed E-state index contributed by atoms with van der Waals surface area (Å²) in [7, 11) is 0. The van der Waals surface area contributed by atoms with Crippen LogP contribution in [0.1, 0.15) is 51.3 Å². The lowest BCUT2D eigenvalue weighted by atomic mass is 9.87. The Balaban J connectivity index is 1.65. The lowest BCUT2D eigenvalue weighted by Crippen LogP contribution is -2.10. The Labute approximate surface area is 155 Å². The van der Waals surface area contributed by atoms with Gasteiger partial charge in [-0.05, 0) is 64.6 Å². The Bertz CT molecular complexity index is 923. The molecule has 0 spiro atoms. The molecular weight excluding hydrogens is 322 g/mol. The first-order valence-electron chi connectivity index (χ1n) is 9.12. The first kappa shape index (κ1) is 16.7. The average molecular weight is 350 g/mol. The van der Waals surface area contributed by atoms with Crippen molar-refractivity contribution in [1.82, 2.24) is 0 Å². The van der Waals surface area contributed by atoms with Gasteiger partial charge in [-0.2, -0.15) is 0 Å². The summed E-state index contributed by atoms with van der Waals surface area (Å²) in [4.78, 5) is 0. The average Bonchev–Trinajstić information content (AvgIpc) is 3.03. The first-order valence-corrected chi connectivity index (χ1v) is 10.00. The molecule has 4 rings (SSSR count). The summed E-state index contributed by atoms with van der Waals surface area (Å²) in [6.45, 7) is 11.5. The minimum atomic E-state index is 0.195. The fourth-order valence-electron chi connectivity index (χ4n) is 3.89. The van der Waals surface area contributed by atoms with E-state index in [2.05, 4.69) is 81.7 Å². The number of nitrogens with one attached hydrogen (secondary N) is 1. The van der Waals surface area contributed by atoms with E-state index in [1.165, 1.54) is 39.7 Å². The molecule has 1 heterocycles. The first-order chi connectivity index (χ1) is 11.7. The van der Waals surface area contributed by atoms with E-state index in [1.54, 1.807) is 5.56 Å². The minimum absolute atomic E-state index is 0.195. The van der Waals surface area contributed by atoms with Gasteiger partial charge < -0.3 is 5.32 Å². The summed E-state index contributed by atoms with van der Waals surface area (Å²) < 4.78 is 1.39. The summed E-state index contributed by atoms with van der Waals surface area (Å²) in [6.07, 6.45) is 2.39. The van der Waals surface area contributed by atoms with Gasteiger partial charge in [-0.15, -0.1) is 11.3 Å². The number of anilines is 2. The van der Waals surface area contributed by atoms with Crippen molar-refractivity contribution in [2.45, 2.75) is 52.9 Å². The van der Waals surface area contributed by atoms with Crippen molar-refractivity contribution < 1.29 is 0 Å². The smallest absolute Gasteiger partial charge is 0.0573 e. The third-order valence-electron chi connectivity index (χ3n) is 5.26. The number of fused-ring (bicyclic) bond motifs is 2. The molecule has 1 aromatic heterocycles. The zero-order valence-electron chi connectivity index (χ0n) is 15.9. The Hall–Kier alpha value is -1.80. The van der Waals surface area contributed by atoms with Gasteiger partial charge in [0.2, 0.25) is 0 Å². The van der Waals surface area contributed by atoms with E-state index >= 15 is 0 Å². The van der Waals surface area contributed by atoms with Crippen molar-refractivity contribution in [1.29, 1.82) is 0 Å². The molecule has 1 aliphatic rings. The van der Waals surface area contributed by atoms with Gasteiger partial charge in [-0.1, -0.05) is 46.8 Å². The van der Waals surface area contributed by atoms with Gasteiger partial charge in [0.1, 0.15) is 0 Å². The highest BCUT2D eigenvalue weighted by Gasteiger charge is 2.28. The summed E-state index contributed by atoms with van der Waals surface area (Å²) >= 11 is 1.84. The van der Waals surface area contributed by atoms with Crippen LogP contribution in [0.3, 0.4) is 0 Å². The van der Waals surface area contributed by atoms with Crippen LogP contribution in [0.5, 0.6) is 0 Å². The van der Waals surface area contributed by atoms with Gasteiger partial charge in [-0.25, -0.2) is 0 Å². The zero-order chi connectivity index (χ0) is 17.8. The zero-order valence-corrected chi connectivity index (χ0v) is 16.7. The van der Waals surface area contributed by atoms with Crippen LogP contribution in [0.25, 0.3) is 10.1 Å². The SMILES string of the molecule is CC1(C)Cc2cc3scc(Nc4ccc(C(C)(C)C)cc4)c3cc2C1. The van der Waals surface area contributed by atoms with Crippen molar-refractivity contribution in [2.75, 3.05) is 5.32 Å². The second-order valence-electron chi connectivity index (χ2n) is 9.24. The molecule has 2 heteroatoms. The molecule has 0 saturated heterocycles. The van der Waals surface area contributed by atoms with Gasteiger partial charge in [0.05, 0.1) is 5.69 Å². The van der Waals surface area contributed by atoms with E-state index in [1.807, 2.05) is 11.3 Å². The molecule has 0 aliphatic heterocycles.